The van der Waals surface area contributed by atoms with Crippen molar-refractivity contribution in [3.05, 3.63) is 48.4 Å². The van der Waals surface area contributed by atoms with Gasteiger partial charge in [-0.1, -0.05) is 6.07 Å². The SMILES string of the molecule is O=C(O)C(c1ccc[nH]1)N1CCN(c2ccccn2)CC1. The number of hydrogen-bond donors (Lipinski definition) is 2. The fraction of sp³-hybridized carbons (Fsp3) is 0.333. The van der Waals surface area contributed by atoms with Gasteiger partial charge in [0.05, 0.1) is 0 Å². The molecule has 1 unspecified atom stereocenters. The first kappa shape index (κ1) is 13.6. The number of hydrogen-bond acceptors (Lipinski definition) is 4. The lowest BCUT2D eigenvalue weighted by Crippen LogP contribution is -2.49. The van der Waals surface area contributed by atoms with E-state index < -0.39 is 12.0 Å². The van der Waals surface area contributed by atoms with Gasteiger partial charge in [0.2, 0.25) is 0 Å². The molecule has 0 aliphatic carbocycles. The quantitative estimate of drug-likeness (QED) is 0.888. The van der Waals surface area contributed by atoms with Crippen molar-refractivity contribution in [3.8, 4) is 0 Å². The number of carboxylic acids is 1. The molecule has 21 heavy (non-hydrogen) atoms. The van der Waals surface area contributed by atoms with Crippen LogP contribution >= 0.6 is 0 Å². The zero-order valence-electron chi connectivity index (χ0n) is 11.6. The average Bonchev–Trinajstić information content (AvgIpc) is 3.03. The smallest absolute Gasteiger partial charge is 0.327 e. The highest BCUT2D eigenvalue weighted by molar-refractivity contribution is 5.75. The summed E-state index contributed by atoms with van der Waals surface area (Å²) in [6.07, 6.45) is 3.54. The Balaban J connectivity index is 1.68. The van der Waals surface area contributed by atoms with Crippen LogP contribution in [0, 0.1) is 0 Å². The fourth-order valence-corrected chi connectivity index (χ4v) is 2.75. The molecule has 0 aromatic carbocycles. The summed E-state index contributed by atoms with van der Waals surface area (Å²) in [7, 11) is 0. The summed E-state index contributed by atoms with van der Waals surface area (Å²) in [6.45, 7) is 2.96. The number of piperazine rings is 1. The highest BCUT2D eigenvalue weighted by Gasteiger charge is 2.31. The number of carboxylic acid groups (broad SMARTS) is 1. The zero-order valence-corrected chi connectivity index (χ0v) is 11.6. The third-order valence-electron chi connectivity index (χ3n) is 3.80. The lowest BCUT2D eigenvalue weighted by molar-refractivity contribution is -0.143. The van der Waals surface area contributed by atoms with E-state index in [0.717, 1.165) is 24.6 Å². The molecule has 1 aliphatic rings. The maximum atomic E-state index is 11.6. The van der Waals surface area contributed by atoms with Crippen molar-refractivity contribution in [3.63, 3.8) is 0 Å². The van der Waals surface area contributed by atoms with Crippen LogP contribution in [-0.2, 0) is 4.79 Å². The lowest BCUT2D eigenvalue weighted by atomic mass is 10.1. The van der Waals surface area contributed by atoms with E-state index in [1.54, 1.807) is 12.4 Å². The largest absolute Gasteiger partial charge is 0.480 e. The maximum Gasteiger partial charge on any atom is 0.327 e. The Morgan fingerprint density at radius 1 is 1.19 bits per heavy atom. The molecular weight excluding hydrogens is 268 g/mol. The molecule has 1 aliphatic heterocycles. The van der Waals surface area contributed by atoms with Gasteiger partial charge in [-0.3, -0.25) is 9.69 Å². The van der Waals surface area contributed by atoms with E-state index in [1.807, 2.05) is 35.2 Å². The number of nitrogens with zero attached hydrogens (tertiary/aromatic N) is 3. The Morgan fingerprint density at radius 3 is 2.57 bits per heavy atom. The van der Waals surface area contributed by atoms with Crippen LogP contribution in [0.15, 0.2) is 42.7 Å². The first-order chi connectivity index (χ1) is 10.3. The minimum Gasteiger partial charge on any atom is -0.480 e. The van der Waals surface area contributed by atoms with Crippen molar-refractivity contribution < 1.29 is 9.90 Å². The summed E-state index contributed by atoms with van der Waals surface area (Å²) in [5, 5.41) is 9.49. The summed E-state index contributed by atoms with van der Waals surface area (Å²) in [6, 6.07) is 8.89. The van der Waals surface area contributed by atoms with E-state index in [-0.39, 0.29) is 0 Å². The predicted octanol–water partition coefficient (Wildman–Crippen LogP) is 1.36. The molecule has 2 N–H and O–H groups in total. The lowest BCUT2D eigenvalue weighted by Gasteiger charge is -2.37. The third kappa shape index (κ3) is 2.90. The van der Waals surface area contributed by atoms with Crippen molar-refractivity contribution in [1.82, 2.24) is 14.9 Å². The van der Waals surface area contributed by atoms with Gasteiger partial charge < -0.3 is 15.0 Å². The van der Waals surface area contributed by atoms with Crippen LogP contribution in [0.3, 0.4) is 0 Å². The molecular formula is C15H18N4O2. The van der Waals surface area contributed by atoms with Gasteiger partial charge in [-0.15, -0.1) is 0 Å². The van der Waals surface area contributed by atoms with Crippen LogP contribution in [0.25, 0.3) is 0 Å². The highest BCUT2D eigenvalue weighted by Crippen LogP contribution is 2.22. The van der Waals surface area contributed by atoms with Gasteiger partial charge in [0.1, 0.15) is 11.9 Å². The Hall–Kier alpha value is -2.34. The van der Waals surface area contributed by atoms with Crippen molar-refractivity contribution in [2.24, 2.45) is 0 Å². The number of H-pyrrole nitrogens is 1. The van der Waals surface area contributed by atoms with Crippen LogP contribution < -0.4 is 4.90 Å². The Morgan fingerprint density at radius 2 is 2.00 bits per heavy atom. The molecule has 3 rings (SSSR count). The number of rotatable bonds is 4. The normalized spacial score (nSPS) is 17.6. The minimum absolute atomic E-state index is 0.606. The zero-order chi connectivity index (χ0) is 14.7. The summed E-state index contributed by atoms with van der Waals surface area (Å²) >= 11 is 0. The molecule has 110 valence electrons. The second kappa shape index (κ2) is 5.97. The molecule has 6 heteroatoms. The number of carbonyl (C=O) groups is 1. The minimum atomic E-state index is -0.816. The van der Waals surface area contributed by atoms with E-state index in [1.165, 1.54) is 0 Å². The number of anilines is 1. The molecule has 2 aromatic rings. The Labute approximate surface area is 123 Å². The highest BCUT2D eigenvalue weighted by atomic mass is 16.4. The van der Waals surface area contributed by atoms with E-state index in [4.69, 9.17) is 0 Å². The van der Waals surface area contributed by atoms with E-state index >= 15 is 0 Å². The molecule has 1 saturated heterocycles. The predicted molar refractivity (Wildman–Crippen MR) is 79.2 cm³/mol. The number of aromatic amines is 1. The second-order valence-electron chi connectivity index (χ2n) is 5.08. The summed E-state index contributed by atoms with van der Waals surface area (Å²) in [5.74, 6) is 0.132. The van der Waals surface area contributed by atoms with Crippen LogP contribution in [0.5, 0.6) is 0 Å². The van der Waals surface area contributed by atoms with Crippen molar-refractivity contribution in [2.75, 3.05) is 31.1 Å². The Kier molecular flexibility index (Phi) is 3.87. The monoisotopic (exact) mass is 286 g/mol. The molecule has 1 atom stereocenters. The number of aliphatic carboxylic acids is 1. The molecule has 0 radical (unpaired) electrons. The average molecular weight is 286 g/mol. The first-order valence-electron chi connectivity index (χ1n) is 7.02. The third-order valence-corrected chi connectivity index (χ3v) is 3.80. The number of pyridine rings is 1. The van der Waals surface area contributed by atoms with Gasteiger partial charge in [-0.05, 0) is 24.3 Å². The summed E-state index contributed by atoms with van der Waals surface area (Å²) < 4.78 is 0. The summed E-state index contributed by atoms with van der Waals surface area (Å²) in [4.78, 5) is 23.1. The molecule has 3 heterocycles. The van der Waals surface area contributed by atoms with Gasteiger partial charge in [-0.2, -0.15) is 0 Å². The van der Waals surface area contributed by atoms with Gasteiger partial charge in [0.15, 0.2) is 0 Å². The van der Waals surface area contributed by atoms with E-state index in [9.17, 15) is 9.90 Å². The molecule has 0 saturated carbocycles. The Bertz CT molecular complexity index is 577. The van der Waals surface area contributed by atoms with Gasteiger partial charge >= 0.3 is 5.97 Å². The molecule has 0 amide bonds. The second-order valence-corrected chi connectivity index (χ2v) is 5.08. The van der Waals surface area contributed by atoms with Crippen LogP contribution in [0.2, 0.25) is 0 Å². The van der Waals surface area contributed by atoms with Gasteiger partial charge in [-0.25, -0.2) is 4.98 Å². The topological polar surface area (TPSA) is 72.5 Å². The standard InChI is InChI=1S/C15H18N4O2/c20-15(21)14(12-4-3-7-16-12)19-10-8-18(9-11-19)13-5-1-2-6-17-13/h1-7,14,16H,8-11H2,(H,20,21). The van der Waals surface area contributed by atoms with E-state index in [2.05, 4.69) is 14.9 Å². The molecule has 2 aromatic heterocycles. The van der Waals surface area contributed by atoms with Gasteiger partial charge in [0, 0.05) is 44.3 Å². The summed E-state index contributed by atoms with van der Waals surface area (Å²) in [5.41, 5.74) is 0.730. The van der Waals surface area contributed by atoms with Crippen LogP contribution in [-0.4, -0.2) is 52.1 Å². The van der Waals surface area contributed by atoms with Crippen LogP contribution in [0.1, 0.15) is 11.7 Å². The number of aromatic nitrogens is 2. The first-order valence-corrected chi connectivity index (χ1v) is 7.02. The molecule has 6 nitrogen and oxygen atoms in total. The van der Waals surface area contributed by atoms with Crippen molar-refractivity contribution in [2.45, 2.75) is 6.04 Å². The van der Waals surface area contributed by atoms with Crippen molar-refractivity contribution in [1.29, 1.82) is 0 Å². The molecule has 0 spiro atoms. The number of nitrogens with one attached hydrogen (secondary N) is 1. The maximum absolute atomic E-state index is 11.6. The van der Waals surface area contributed by atoms with Crippen LogP contribution in [0.4, 0.5) is 5.82 Å². The fourth-order valence-electron chi connectivity index (χ4n) is 2.75. The van der Waals surface area contributed by atoms with E-state index in [0.29, 0.717) is 13.1 Å². The van der Waals surface area contributed by atoms with Crippen molar-refractivity contribution >= 4 is 11.8 Å². The van der Waals surface area contributed by atoms with Gasteiger partial charge in [0.25, 0.3) is 0 Å². The molecule has 1 fully saturated rings. The molecule has 0 bridgehead atoms.